The minimum absolute atomic E-state index is 0.625. The van der Waals surface area contributed by atoms with Crippen LogP contribution < -0.4 is 0 Å². The van der Waals surface area contributed by atoms with Crippen LogP contribution in [0, 0.1) is 0 Å². The average Bonchev–Trinajstić information content (AvgIpc) is 2.21. The number of isocyanates is 1. The second kappa shape index (κ2) is 12.3. The Morgan fingerprint density at radius 2 is 1.79 bits per heavy atom. The number of unbranched alkanes of at least 4 members (excludes halogenated alkanes) is 4. The van der Waals surface area contributed by atoms with Crippen LogP contribution in [0.3, 0.4) is 0 Å². The van der Waals surface area contributed by atoms with Crippen LogP contribution in [0.4, 0.5) is 0 Å². The minimum Gasteiger partial charge on any atom is -0.381 e. The van der Waals surface area contributed by atoms with Gasteiger partial charge in [-0.15, -0.1) is 0 Å². The summed E-state index contributed by atoms with van der Waals surface area (Å²) in [5.41, 5.74) is 0. The summed E-state index contributed by atoms with van der Waals surface area (Å²) in [6, 6.07) is 0. The largest absolute Gasteiger partial charge is 0.381 e. The van der Waals surface area contributed by atoms with Gasteiger partial charge in [0.2, 0.25) is 6.08 Å². The van der Waals surface area contributed by atoms with Crippen molar-refractivity contribution in [2.24, 2.45) is 4.99 Å². The lowest BCUT2D eigenvalue weighted by Crippen LogP contribution is -1.96. The molecule has 0 aliphatic heterocycles. The first-order valence-electron chi connectivity index (χ1n) is 5.53. The standard InChI is InChI=1S/C11H21NO2/c1-2-3-9-14-10-7-5-4-6-8-12-11-13/h2-10H2,1H3. The molecule has 0 saturated heterocycles. The molecule has 0 aliphatic carbocycles. The Labute approximate surface area is 86.6 Å². The highest BCUT2D eigenvalue weighted by Gasteiger charge is 1.90. The van der Waals surface area contributed by atoms with E-state index in [1.54, 1.807) is 6.08 Å². The monoisotopic (exact) mass is 199 g/mol. The fourth-order valence-corrected chi connectivity index (χ4v) is 1.14. The molecule has 0 rings (SSSR count). The Bertz CT molecular complexity index is 153. The number of aliphatic imine (C=N–C) groups is 1. The molecule has 82 valence electrons. The quantitative estimate of drug-likeness (QED) is 0.308. The zero-order valence-corrected chi connectivity index (χ0v) is 9.13. The first kappa shape index (κ1) is 13.3. The van der Waals surface area contributed by atoms with Gasteiger partial charge in [0.15, 0.2) is 0 Å². The van der Waals surface area contributed by atoms with Crippen LogP contribution in [-0.4, -0.2) is 25.8 Å². The maximum atomic E-state index is 9.73. The molecule has 0 bridgehead atoms. The molecule has 0 aromatic rings. The van der Waals surface area contributed by atoms with Crippen LogP contribution in [0.15, 0.2) is 4.99 Å². The molecule has 3 heteroatoms. The predicted molar refractivity (Wildman–Crippen MR) is 57.2 cm³/mol. The molecule has 0 aromatic carbocycles. The maximum Gasteiger partial charge on any atom is 0.234 e. The summed E-state index contributed by atoms with van der Waals surface area (Å²) in [5, 5.41) is 0. The number of rotatable bonds is 10. The van der Waals surface area contributed by atoms with E-state index >= 15 is 0 Å². The highest BCUT2D eigenvalue weighted by molar-refractivity contribution is 5.32. The third-order valence-electron chi connectivity index (χ3n) is 2.02. The lowest BCUT2D eigenvalue weighted by molar-refractivity contribution is 0.127. The van der Waals surface area contributed by atoms with Gasteiger partial charge in [-0.3, -0.25) is 0 Å². The van der Waals surface area contributed by atoms with E-state index in [1.165, 1.54) is 12.8 Å². The number of ether oxygens (including phenoxy) is 1. The first-order valence-corrected chi connectivity index (χ1v) is 5.53. The Kier molecular flexibility index (Phi) is 11.8. The topological polar surface area (TPSA) is 38.7 Å². The molecule has 0 atom stereocenters. The smallest absolute Gasteiger partial charge is 0.234 e. The molecule has 0 radical (unpaired) electrons. The van der Waals surface area contributed by atoms with Crippen molar-refractivity contribution in [1.29, 1.82) is 0 Å². The third-order valence-corrected chi connectivity index (χ3v) is 2.02. The zero-order chi connectivity index (χ0) is 10.5. The van der Waals surface area contributed by atoms with Crippen LogP contribution in [0.1, 0.15) is 45.4 Å². The van der Waals surface area contributed by atoms with E-state index in [0.717, 1.165) is 38.9 Å². The van der Waals surface area contributed by atoms with Gasteiger partial charge < -0.3 is 4.74 Å². The molecule has 0 heterocycles. The van der Waals surface area contributed by atoms with Gasteiger partial charge in [-0.2, -0.15) is 0 Å². The fraction of sp³-hybridized carbons (Fsp3) is 0.909. The number of nitrogens with zero attached hydrogens (tertiary/aromatic N) is 1. The first-order chi connectivity index (χ1) is 6.91. The lowest BCUT2D eigenvalue weighted by Gasteiger charge is -2.02. The summed E-state index contributed by atoms with van der Waals surface area (Å²) in [5.74, 6) is 0. The molecular weight excluding hydrogens is 178 g/mol. The van der Waals surface area contributed by atoms with E-state index in [9.17, 15) is 4.79 Å². The lowest BCUT2D eigenvalue weighted by atomic mass is 10.2. The number of hydrogen-bond acceptors (Lipinski definition) is 3. The van der Waals surface area contributed by atoms with Gasteiger partial charge in [-0.25, -0.2) is 9.79 Å². The van der Waals surface area contributed by atoms with E-state index in [1.807, 2.05) is 0 Å². The van der Waals surface area contributed by atoms with Crippen molar-refractivity contribution in [2.75, 3.05) is 19.8 Å². The van der Waals surface area contributed by atoms with Crippen molar-refractivity contribution in [2.45, 2.75) is 45.4 Å². The Morgan fingerprint density at radius 3 is 2.50 bits per heavy atom. The van der Waals surface area contributed by atoms with Crippen molar-refractivity contribution >= 4 is 6.08 Å². The molecule has 14 heavy (non-hydrogen) atoms. The van der Waals surface area contributed by atoms with Gasteiger partial charge in [0.25, 0.3) is 0 Å². The zero-order valence-electron chi connectivity index (χ0n) is 9.13. The molecule has 0 spiro atoms. The van der Waals surface area contributed by atoms with Gasteiger partial charge in [-0.1, -0.05) is 26.2 Å². The van der Waals surface area contributed by atoms with Gasteiger partial charge >= 0.3 is 0 Å². The van der Waals surface area contributed by atoms with Crippen LogP contribution in [0.25, 0.3) is 0 Å². The SMILES string of the molecule is CCCCOCCCCCCN=C=O. The second-order valence-corrected chi connectivity index (χ2v) is 3.35. The third kappa shape index (κ3) is 11.3. The van der Waals surface area contributed by atoms with Gasteiger partial charge in [-0.05, 0) is 19.3 Å². The molecule has 0 amide bonds. The van der Waals surface area contributed by atoms with E-state index < -0.39 is 0 Å². The molecule has 0 unspecified atom stereocenters. The van der Waals surface area contributed by atoms with Crippen molar-refractivity contribution in [3.8, 4) is 0 Å². The molecular formula is C11H21NO2. The molecule has 0 aliphatic rings. The second-order valence-electron chi connectivity index (χ2n) is 3.35. The van der Waals surface area contributed by atoms with Crippen LogP contribution in [0.2, 0.25) is 0 Å². The van der Waals surface area contributed by atoms with Crippen LogP contribution in [-0.2, 0) is 9.53 Å². The summed E-state index contributed by atoms with van der Waals surface area (Å²) in [6.45, 7) is 4.56. The highest BCUT2D eigenvalue weighted by Crippen LogP contribution is 2.00. The van der Waals surface area contributed by atoms with E-state index in [-0.39, 0.29) is 0 Å². The molecule has 0 fully saturated rings. The van der Waals surface area contributed by atoms with E-state index in [0.29, 0.717) is 6.54 Å². The fourth-order valence-electron chi connectivity index (χ4n) is 1.14. The van der Waals surface area contributed by atoms with Crippen molar-refractivity contribution in [1.82, 2.24) is 0 Å². The summed E-state index contributed by atoms with van der Waals surface area (Å²) in [4.78, 5) is 13.2. The van der Waals surface area contributed by atoms with Crippen molar-refractivity contribution < 1.29 is 9.53 Å². The summed E-state index contributed by atoms with van der Waals surface area (Å²) in [7, 11) is 0. The number of hydrogen-bond donors (Lipinski definition) is 0. The predicted octanol–water partition coefficient (Wildman–Crippen LogP) is 2.70. The van der Waals surface area contributed by atoms with E-state index in [2.05, 4.69) is 11.9 Å². The highest BCUT2D eigenvalue weighted by atomic mass is 16.5. The van der Waals surface area contributed by atoms with Gasteiger partial charge in [0.1, 0.15) is 0 Å². The summed E-state index contributed by atoms with van der Waals surface area (Å²) in [6.07, 6.45) is 8.31. The minimum atomic E-state index is 0.625. The van der Waals surface area contributed by atoms with Crippen LogP contribution >= 0.6 is 0 Å². The van der Waals surface area contributed by atoms with Gasteiger partial charge in [0, 0.05) is 13.2 Å². The Morgan fingerprint density at radius 1 is 1.07 bits per heavy atom. The Hall–Kier alpha value is -0.660. The van der Waals surface area contributed by atoms with E-state index in [4.69, 9.17) is 4.74 Å². The normalized spacial score (nSPS) is 9.79. The van der Waals surface area contributed by atoms with Crippen molar-refractivity contribution in [3.63, 3.8) is 0 Å². The average molecular weight is 199 g/mol. The van der Waals surface area contributed by atoms with Crippen molar-refractivity contribution in [3.05, 3.63) is 0 Å². The number of carbonyl (C=O) groups excluding carboxylic acids is 1. The molecule has 0 aromatic heterocycles. The summed E-state index contributed by atoms with van der Waals surface area (Å²) >= 11 is 0. The Balaban J connectivity index is 2.88. The molecule has 3 nitrogen and oxygen atoms in total. The van der Waals surface area contributed by atoms with Crippen LogP contribution in [0.5, 0.6) is 0 Å². The summed E-state index contributed by atoms with van der Waals surface area (Å²) < 4.78 is 5.42. The molecule has 0 N–H and O–H groups in total. The molecule has 0 saturated carbocycles. The van der Waals surface area contributed by atoms with Gasteiger partial charge in [0.05, 0.1) is 6.54 Å². The maximum absolute atomic E-state index is 9.73.